The number of hydrogen-bond donors (Lipinski definition) is 2. The first-order chi connectivity index (χ1) is 7.29. The van der Waals surface area contributed by atoms with Gasteiger partial charge >= 0.3 is 0 Å². The topological polar surface area (TPSA) is 55.1 Å². The summed E-state index contributed by atoms with van der Waals surface area (Å²) in [5, 5.41) is 3.13. The van der Waals surface area contributed by atoms with Crippen molar-refractivity contribution >= 4 is 11.6 Å². The fraction of sp³-hybridized carbons (Fsp3) is 0.417. The molecule has 0 heterocycles. The fourth-order valence-electron chi connectivity index (χ4n) is 1.19. The van der Waals surface area contributed by atoms with Gasteiger partial charge in [-0.25, -0.2) is 4.39 Å². The minimum atomic E-state index is -0.753. The third kappa shape index (κ3) is 3.53. The third-order valence-electron chi connectivity index (χ3n) is 2.05. The Kier molecular flexibility index (Phi) is 3.52. The Hall–Kier alpha value is -1.58. The Balaban J connectivity index is 2.83. The predicted octanol–water partition coefficient (Wildman–Crippen LogP) is 2.38. The molecule has 88 valence electrons. The minimum Gasteiger partial charge on any atom is -0.384 e. The SMILES string of the molecule is CC(C)(C)CNc1ccc(F)c(C(N)=O)c1. The molecule has 0 saturated carbocycles. The quantitative estimate of drug-likeness (QED) is 0.828. The maximum absolute atomic E-state index is 13.2. The van der Waals surface area contributed by atoms with Crippen molar-refractivity contribution in [1.82, 2.24) is 0 Å². The van der Waals surface area contributed by atoms with Gasteiger partial charge in [-0.05, 0) is 23.6 Å². The molecule has 3 N–H and O–H groups in total. The second-order valence-electron chi connectivity index (χ2n) is 4.97. The summed E-state index contributed by atoms with van der Waals surface area (Å²) in [6, 6.07) is 4.27. The average Bonchev–Trinajstić information content (AvgIpc) is 2.14. The predicted molar refractivity (Wildman–Crippen MR) is 62.9 cm³/mol. The van der Waals surface area contributed by atoms with Gasteiger partial charge in [-0.2, -0.15) is 0 Å². The summed E-state index contributed by atoms with van der Waals surface area (Å²) in [4.78, 5) is 10.9. The first-order valence-electron chi connectivity index (χ1n) is 5.13. The highest BCUT2D eigenvalue weighted by molar-refractivity contribution is 5.94. The van der Waals surface area contributed by atoms with E-state index in [9.17, 15) is 9.18 Å². The van der Waals surface area contributed by atoms with E-state index in [-0.39, 0.29) is 11.0 Å². The van der Waals surface area contributed by atoms with Crippen LogP contribution in [0.4, 0.5) is 10.1 Å². The van der Waals surface area contributed by atoms with E-state index in [0.29, 0.717) is 5.69 Å². The Morgan fingerprint density at radius 2 is 2.06 bits per heavy atom. The molecule has 0 fully saturated rings. The number of primary amides is 1. The van der Waals surface area contributed by atoms with E-state index in [0.717, 1.165) is 6.54 Å². The highest BCUT2D eigenvalue weighted by atomic mass is 19.1. The zero-order valence-electron chi connectivity index (χ0n) is 9.80. The van der Waals surface area contributed by atoms with Crippen molar-refractivity contribution < 1.29 is 9.18 Å². The first kappa shape index (κ1) is 12.5. The average molecular weight is 224 g/mol. The molecular weight excluding hydrogens is 207 g/mol. The van der Waals surface area contributed by atoms with E-state index in [2.05, 4.69) is 26.1 Å². The molecule has 3 nitrogen and oxygen atoms in total. The third-order valence-corrected chi connectivity index (χ3v) is 2.05. The van der Waals surface area contributed by atoms with Crippen LogP contribution in [-0.4, -0.2) is 12.5 Å². The standard InChI is InChI=1S/C12H17FN2O/c1-12(2,3)7-15-8-4-5-10(13)9(6-8)11(14)16/h4-6,15H,7H2,1-3H3,(H2,14,16). The molecule has 0 saturated heterocycles. The van der Waals surface area contributed by atoms with Gasteiger partial charge in [-0.1, -0.05) is 20.8 Å². The van der Waals surface area contributed by atoms with Crippen molar-refractivity contribution in [3.05, 3.63) is 29.6 Å². The summed E-state index contributed by atoms with van der Waals surface area (Å²) in [6.07, 6.45) is 0. The van der Waals surface area contributed by atoms with Gasteiger partial charge in [0.15, 0.2) is 0 Å². The number of halogens is 1. The summed E-state index contributed by atoms with van der Waals surface area (Å²) in [6.45, 7) is 6.98. The molecule has 0 spiro atoms. The van der Waals surface area contributed by atoms with Gasteiger partial charge < -0.3 is 11.1 Å². The molecule has 0 aliphatic carbocycles. The van der Waals surface area contributed by atoms with Crippen molar-refractivity contribution in [3.8, 4) is 0 Å². The van der Waals surface area contributed by atoms with Gasteiger partial charge in [-0.3, -0.25) is 4.79 Å². The molecule has 0 bridgehead atoms. The van der Waals surface area contributed by atoms with Crippen molar-refractivity contribution in [2.45, 2.75) is 20.8 Å². The molecule has 0 unspecified atom stereocenters. The van der Waals surface area contributed by atoms with Crippen molar-refractivity contribution in [1.29, 1.82) is 0 Å². The zero-order valence-corrected chi connectivity index (χ0v) is 9.80. The van der Waals surface area contributed by atoms with Crippen molar-refractivity contribution in [3.63, 3.8) is 0 Å². The summed E-state index contributed by atoms with van der Waals surface area (Å²) in [5.41, 5.74) is 5.79. The molecule has 1 rings (SSSR count). The van der Waals surface area contributed by atoms with E-state index >= 15 is 0 Å². The number of benzene rings is 1. The van der Waals surface area contributed by atoms with Crippen LogP contribution in [-0.2, 0) is 0 Å². The fourth-order valence-corrected chi connectivity index (χ4v) is 1.19. The van der Waals surface area contributed by atoms with Crippen LogP contribution in [0.15, 0.2) is 18.2 Å². The summed E-state index contributed by atoms with van der Waals surface area (Å²) in [5.74, 6) is -1.34. The first-order valence-corrected chi connectivity index (χ1v) is 5.13. The number of amides is 1. The van der Waals surface area contributed by atoms with Gasteiger partial charge in [0.05, 0.1) is 5.56 Å². The maximum Gasteiger partial charge on any atom is 0.251 e. The van der Waals surface area contributed by atoms with E-state index < -0.39 is 11.7 Å². The molecule has 1 amide bonds. The van der Waals surface area contributed by atoms with E-state index in [4.69, 9.17) is 5.73 Å². The van der Waals surface area contributed by atoms with Crippen molar-refractivity contribution in [2.24, 2.45) is 11.1 Å². The van der Waals surface area contributed by atoms with Crippen LogP contribution in [0, 0.1) is 11.2 Å². The van der Waals surface area contributed by atoms with Crippen LogP contribution in [0.25, 0.3) is 0 Å². The van der Waals surface area contributed by atoms with Gasteiger partial charge in [0.1, 0.15) is 5.82 Å². The Morgan fingerprint density at radius 1 is 1.44 bits per heavy atom. The van der Waals surface area contributed by atoms with E-state index in [1.807, 2.05) is 0 Å². The highest BCUT2D eigenvalue weighted by Crippen LogP contribution is 2.18. The number of nitrogens with two attached hydrogens (primary N) is 1. The van der Waals surface area contributed by atoms with Crippen LogP contribution < -0.4 is 11.1 Å². The number of hydrogen-bond acceptors (Lipinski definition) is 2. The lowest BCUT2D eigenvalue weighted by atomic mass is 9.97. The second kappa shape index (κ2) is 4.51. The summed E-state index contributed by atoms with van der Waals surface area (Å²) in [7, 11) is 0. The normalized spacial score (nSPS) is 11.2. The van der Waals surface area contributed by atoms with Crippen LogP contribution in [0.1, 0.15) is 31.1 Å². The van der Waals surface area contributed by atoms with E-state index in [1.54, 1.807) is 6.07 Å². The minimum absolute atomic E-state index is 0.0843. The second-order valence-corrected chi connectivity index (χ2v) is 4.97. The number of carbonyl (C=O) groups is 1. The van der Waals surface area contributed by atoms with Crippen LogP contribution in [0.2, 0.25) is 0 Å². The van der Waals surface area contributed by atoms with Crippen LogP contribution in [0.5, 0.6) is 0 Å². The molecule has 1 aromatic carbocycles. The monoisotopic (exact) mass is 224 g/mol. The molecule has 0 radical (unpaired) electrons. The lowest BCUT2D eigenvalue weighted by Crippen LogP contribution is -2.20. The van der Waals surface area contributed by atoms with E-state index in [1.165, 1.54) is 12.1 Å². The number of nitrogens with one attached hydrogen (secondary N) is 1. The summed E-state index contributed by atoms with van der Waals surface area (Å²) < 4.78 is 13.2. The van der Waals surface area contributed by atoms with Crippen LogP contribution >= 0.6 is 0 Å². The Morgan fingerprint density at radius 3 is 2.56 bits per heavy atom. The lowest BCUT2D eigenvalue weighted by molar-refractivity contribution is 0.0996. The van der Waals surface area contributed by atoms with Gasteiger partial charge in [0.25, 0.3) is 5.91 Å². The molecular formula is C12H17FN2O. The van der Waals surface area contributed by atoms with Gasteiger partial charge in [-0.15, -0.1) is 0 Å². The zero-order chi connectivity index (χ0) is 12.3. The van der Waals surface area contributed by atoms with Gasteiger partial charge in [0.2, 0.25) is 0 Å². The number of rotatable bonds is 3. The smallest absolute Gasteiger partial charge is 0.251 e. The molecule has 16 heavy (non-hydrogen) atoms. The molecule has 0 aliphatic heterocycles. The van der Waals surface area contributed by atoms with Crippen LogP contribution in [0.3, 0.4) is 0 Å². The highest BCUT2D eigenvalue weighted by Gasteiger charge is 2.12. The Bertz CT molecular complexity index is 396. The molecule has 0 atom stereocenters. The lowest BCUT2D eigenvalue weighted by Gasteiger charge is -2.19. The largest absolute Gasteiger partial charge is 0.384 e. The Labute approximate surface area is 94.8 Å². The molecule has 0 aliphatic rings. The summed E-state index contributed by atoms with van der Waals surface area (Å²) >= 11 is 0. The van der Waals surface area contributed by atoms with Crippen molar-refractivity contribution in [2.75, 3.05) is 11.9 Å². The number of anilines is 1. The number of carbonyl (C=O) groups excluding carboxylic acids is 1. The molecule has 4 heteroatoms. The molecule has 0 aromatic heterocycles. The van der Waals surface area contributed by atoms with Gasteiger partial charge in [0, 0.05) is 12.2 Å². The maximum atomic E-state index is 13.2. The molecule has 1 aromatic rings.